The molecule has 0 aliphatic heterocycles. The highest BCUT2D eigenvalue weighted by Crippen LogP contribution is 2.21. The molecule has 0 atom stereocenters. The molecule has 0 bridgehead atoms. The molecule has 6 nitrogen and oxygen atoms in total. The highest BCUT2D eigenvalue weighted by atomic mass is 32.2. The Labute approximate surface area is 191 Å². The van der Waals surface area contributed by atoms with E-state index >= 15 is 0 Å². The van der Waals surface area contributed by atoms with Crippen molar-refractivity contribution < 1.29 is 17.9 Å². The van der Waals surface area contributed by atoms with Crippen molar-refractivity contribution in [2.75, 3.05) is 11.9 Å². The average molecular weight is 459 g/mol. The predicted molar refractivity (Wildman–Crippen MR) is 128 cm³/mol. The zero-order valence-electron chi connectivity index (χ0n) is 18.8. The van der Waals surface area contributed by atoms with Gasteiger partial charge in [0.1, 0.15) is 5.75 Å². The number of hydrogen-bond donors (Lipinski definition) is 2. The van der Waals surface area contributed by atoms with Crippen molar-refractivity contribution in [1.29, 1.82) is 0 Å². The predicted octanol–water partition coefficient (Wildman–Crippen LogP) is 5.51. The first-order valence-electron chi connectivity index (χ1n) is 11.6. The van der Waals surface area contributed by atoms with Crippen molar-refractivity contribution in [2.45, 2.75) is 75.6 Å². The molecule has 2 aromatic rings. The van der Waals surface area contributed by atoms with Crippen LogP contribution in [0.1, 0.15) is 75.1 Å². The minimum atomic E-state index is -3.55. The standard InChI is InChI=1S/C25H34N2O4S/c1-2-3-4-8-19-31-23-15-11-20(12-16-23)25(28)26-21-13-17-24(18-14-21)32(29,30)27-22-9-6-5-7-10-22/h11-18,22,27H,2-10,19H2,1H3,(H,26,28). The molecular formula is C25H34N2O4S. The van der Waals surface area contributed by atoms with Crippen LogP contribution in [0, 0.1) is 0 Å². The molecule has 7 heteroatoms. The zero-order chi connectivity index (χ0) is 22.8. The summed E-state index contributed by atoms with van der Waals surface area (Å²) >= 11 is 0. The lowest BCUT2D eigenvalue weighted by Crippen LogP contribution is -2.36. The Morgan fingerprint density at radius 3 is 2.28 bits per heavy atom. The molecule has 1 amide bonds. The number of unbranched alkanes of at least 4 members (excludes halogenated alkanes) is 3. The van der Waals surface area contributed by atoms with Crippen molar-refractivity contribution in [1.82, 2.24) is 4.72 Å². The van der Waals surface area contributed by atoms with Crippen LogP contribution in [-0.2, 0) is 10.0 Å². The summed E-state index contributed by atoms with van der Waals surface area (Å²) in [4.78, 5) is 12.7. The maximum absolute atomic E-state index is 12.6. The molecule has 1 fully saturated rings. The summed E-state index contributed by atoms with van der Waals surface area (Å²) in [6.07, 6.45) is 9.65. The fourth-order valence-corrected chi connectivity index (χ4v) is 5.15. The molecular weight excluding hydrogens is 424 g/mol. The zero-order valence-corrected chi connectivity index (χ0v) is 19.6. The first-order chi connectivity index (χ1) is 15.5. The molecule has 174 valence electrons. The van der Waals surface area contributed by atoms with E-state index in [2.05, 4.69) is 17.0 Å². The Hall–Kier alpha value is -2.38. The van der Waals surface area contributed by atoms with Gasteiger partial charge in [0.2, 0.25) is 10.0 Å². The monoisotopic (exact) mass is 458 g/mol. The van der Waals surface area contributed by atoms with Gasteiger partial charge in [-0.05, 0) is 67.8 Å². The summed E-state index contributed by atoms with van der Waals surface area (Å²) in [6.45, 7) is 2.85. The number of benzene rings is 2. The Morgan fingerprint density at radius 2 is 1.62 bits per heavy atom. The largest absolute Gasteiger partial charge is 0.494 e. The number of carbonyl (C=O) groups excluding carboxylic acids is 1. The van der Waals surface area contributed by atoms with E-state index in [1.807, 2.05) is 0 Å². The van der Waals surface area contributed by atoms with Gasteiger partial charge in [-0.25, -0.2) is 13.1 Å². The van der Waals surface area contributed by atoms with Crippen LogP contribution in [-0.4, -0.2) is 27.0 Å². The van der Waals surface area contributed by atoms with Crippen LogP contribution in [0.25, 0.3) is 0 Å². The van der Waals surface area contributed by atoms with Gasteiger partial charge < -0.3 is 10.1 Å². The number of carbonyl (C=O) groups is 1. The van der Waals surface area contributed by atoms with Gasteiger partial charge in [0.05, 0.1) is 11.5 Å². The molecule has 0 heterocycles. The van der Waals surface area contributed by atoms with Gasteiger partial charge in [-0.1, -0.05) is 45.4 Å². The van der Waals surface area contributed by atoms with E-state index in [1.54, 1.807) is 36.4 Å². The van der Waals surface area contributed by atoms with E-state index in [0.29, 0.717) is 17.9 Å². The number of rotatable bonds is 11. The van der Waals surface area contributed by atoms with Crippen LogP contribution >= 0.6 is 0 Å². The molecule has 2 N–H and O–H groups in total. The van der Waals surface area contributed by atoms with E-state index in [9.17, 15) is 13.2 Å². The van der Waals surface area contributed by atoms with E-state index in [-0.39, 0.29) is 16.8 Å². The summed E-state index contributed by atoms with van der Waals surface area (Å²) in [5, 5.41) is 2.81. The molecule has 0 aromatic heterocycles. The van der Waals surface area contributed by atoms with Crippen LogP contribution in [0.2, 0.25) is 0 Å². The maximum atomic E-state index is 12.6. The molecule has 1 aliphatic rings. The highest BCUT2D eigenvalue weighted by molar-refractivity contribution is 7.89. The van der Waals surface area contributed by atoms with E-state index in [4.69, 9.17) is 4.74 Å². The normalized spacial score (nSPS) is 14.8. The van der Waals surface area contributed by atoms with Gasteiger partial charge in [-0.3, -0.25) is 4.79 Å². The smallest absolute Gasteiger partial charge is 0.255 e. The molecule has 32 heavy (non-hydrogen) atoms. The second-order valence-corrected chi connectivity index (χ2v) is 10.1. The summed E-state index contributed by atoms with van der Waals surface area (Å²) in [5.74, 6) is 0.494. The lowest BCUT2D eigenvalue weighted by Gasteiger charge is -2.22. The van der Waals surface area contributed by atoms with Gasteiger partial charge in [-0.2, -0.15) is 0 Å². The molecule has 2 aromatic carbocycles. The van der Waals surface area contributed by atoms with Gasteiger partial charge >= 0.3 is 0 Å². The summed E-state index contributed by atoms with van der Waals surface area (Å²) in [5.41, 5.74) is 1.06. The lowest BCUT2D eigenvalue weighted by atomic mass is 9.96. The molecule has 3 rings (SSSR count). The number of hydrogen-bond acceptors (Lipinski definition) is 4. The quantitative estimate of drug-likeness (QED) is 0.435. The van der Waals surface area contributed by atoms with Gasteiger partial charge in [-0.15, -0.1) is 0 Å². The molecule has 1 saturated carbocycles. The third-order valence-corrected chi connectivity index (χ3v) is 7.27. The van der Waals surface area contributed by atoms with Crippen molar-refractivity contribution >= 4 is 21.6 Å². The summed E-state index contributed by atoms with van der Waals surface area (Å²) in [6, 6.07) is 13.3. The van der Waals surface area contributed by atoms with Crippen molar-refractivity contribution in [3.05, 3.63) is 54.1 Å². The third kappa shape index (κ3) is 7.35. The van der Waals surface area contributed by atoms with Crippen molar-refractivity contribution in [3.63, 3.8) is 0 Å². The molecule has 0 unspecified atom stereocenters. The van der Waals surface area contributed by atoms with Crippen molar-refractivity contribution in [2.24, 2.45) is 0 Å². The minimum absolute atomic E-state index is 0.0106. The van der Waals surface area contributed by atoms with Gasteiger partial charge in [0, 0.05) is 17.3 Å². The highest BCUT2D eigenvalue weighted by Gasteiger charge is 2.21. The lowest BCUT2D eigenvalue weighted by molar-refractivity contribution is 0.102. The molecule has 0 spiro atoms. The van der Waals surface area contributed by atoms with Crippen LogP contribution < -0.4 is 14.8 Å². The first-order valence-corrected chi connectivity index (χ1v) is 13.1. The fourth-order valence-electron chi connectivity index (χ4n) is 3.85. The maximum Gasteiger partial charge on any atom is 0.255 e. The fraction of sp³-hybridized carbons (Fsp3) is 0.480. The number of anilines is 1. The Morgan fingerprint density at radius 1 is 0.938 bits per heavy atom. The summed E-state index contributed by atoms with van der Waals surface area (Å²) in [7, 11) is -3.55. The number of ether oxygens (including phenoxy) is 1. The second kappa shape index (κ2) is 12.0. The van der Waals surface area contributed by atoms with E-state index in [0.717, 1.165) is 44.3 Å². The van der Waals surface area contributed by atoms with E-state index < -0.39 is 10.0 Å². The molecule has 0 saturated heterocycles. The summed E-state index contributed by atoms with van der Waals surface area (Å²) < 4.78 is 33.7. The SMILES string of the molecule is CCCCCCOc1ccc(C(=O)Nc2ccc(S(=O)(=O)NC3CCCCC3)cc2)cc1. The van der Waals surface area contributed by atoms with Crippen LogP contribution in [0.3, 0.4) is 0 Å². The first kappa shape index (κ1) is 24.3. The number of sulfonamides is 1. The van der Waals surface area contributed by atoms with Crippen LogP contribution in [0.5, 0.6) is 5.75 Å². The van der Waals surface area contributed by atoms with Crippen LogP contribution in [0.4, 0.5) is 5.69 Å². The minimum Gasteiger partial charge on any atom is -0.494 e. The molecule has 1 aliphatic carbocycles. The number of nitrogens with one attached hydrogen (secondary N) is 2. The Balaban J connectivity index is 1.51. The average Bonchev–Trinajstić information content (AvgIpc) is 2.80. The Kier molecular flexibility index (Phi) is 9.11. The van der Waals surface area contributed by atoms with Crippen LogP contribution in [0.15, 0.2) is 53.4 Å². The number of amides is 1. The van der Waals surface area contributed by atoms with Gasteiger partial charge in [0.25, 0.3) is 5.91 Å². The van der Waals surface area contributed by atoms with Gasteiger partial charge in [0.15, 0.2) is 0 Å². The third-order valence-electron chi connectivity index (χ3n) is 5.73. The Bertz CT molecular complexity index is 950. The topological polar surface area (TPSA) is 84.5 Å². The van der Waals surface area contributed by atoms with Crippen molar-refractivity contribution in [3.8, 4) is 5.75 Å². The second-order valence-electron chi connectivity index (χ2n) is 8.37. The van der Waals surface area contributed by atoms with E-state index in [1.165, 1.54) is 31.4 Å². The molecule has 0 radical (unpaired) electrons.